The minimum absolute atomic E-state index is 0.0591. The molecule has 13 heavy (non-hydrogen) atoms. The Balaban J connectivity index is 3.32. The second kappa shape index (κ2) is 3.38. The Kier molecular flexibility index (Phi) is 2.61. The van der Waals surface area contributed by atoms with Crippen molar-refractivity contribution in [3.8, 4) is 5.75 Å². The molecule has 0 saturated carbocycles. The minimum Gasteiger partial charge on any atom is -0.507 e. The average molecular weight is 199 g/mol. The van der Waals surface area contributed by atoms with Gasteiger partial charge in [0.25, 0.3) is 0 Å². The highest BCUT2D eigenvalue weighted by molar-refractivity contribution is 7.93. The molecule has 0 fully saturated rings. The molecule has 0 saturated heterocycles. The summed E-state index contributed by atoms with van der Waals surface area (Å²) in [4.78, 5) is 0.227. The summed E-state index contributed by atoms with van der Waals surface area (Å²) < 4.78 is 19.4. The lowest BCUT2D eigenvalue weighted by molar-refractivity contribution is 0.460. The molecule has 0 aliphatic rings. The zero-order chi connectivity index (χ0) is 10.1. The van der Waals surface area contributed by atoms with Crippen molar-refractivity contribution >= 4 is 9.73 Å². The standard InChI is InChI=1S/C9H13NO2S/c1-7(2)13(10,12)9-6-4-3-5-8(9)11/h3-7,10-11H,1-2H3. The van der Waals surface area contributed by atoms with E-state index in [2.05, 4.69) is 0 Å². The van der Waals surface area contributed by atoms with Crippen molar-refractivity contribution in [2.24, 2.45) is 0 Å². The molecular formula is C9H13NO2S. The molecule has 1 unspecified atom stereocenters. The van der Waals surface area contributed by atoms with Gasteiger partial charge in [-0.15, -0.1) is 0 Å². The van der Waals surface area contributed by atoms with Crippen molar-refractivity contribution in [2.75, 3.05) is 0 Å². The van der Waals surface area contributed by atoms with Gasteiger partial charge in [0.15, 0.2) is 0 Å². The second-order valence-corrected chi connectivity index (χ2v) is 5.70. The van der Waals surface area contributed by atoms with Gasteiger partial charge >= 0.3 is 0 Å². The Morgan fingerprint density at radius 2 is 1.92 bits per heavy atom. The van der Waals surface area contributed by atoms with E-state index in [-0.39, 0.29) is 15.9 Å². The summed E-state index contributed by atoms with van der Waals surface area (Å²) in [6.07, 6.45) is 0. The van der Waals surface area contributed by atoms with Gasteiger partial charge in [-0.05, 0) is 26.0 Å². The molecule has 0 radical (unpaired) electrons. The molecule has 1 atom stereocenters. The molecule has 0 spiro atoms. The van der Waals surface area contributed by atoms with Gasteiger partial charge in [-0.25, -0.2) is 8.99 Å². The number of nitrogens with one attached hydrogen (secondary N) is 1. The van der Waals surface area contributed by atoms with Crippen LogP contribution in [0, 0.1) is 4.78 Å². The fourth-order valence-corrected chi connectivity index (χ4v) is 2.13. The molecular weight excluding hydrogens is 186 g/mol. The van der Waals surface area contributed by atoms with Crippen LogP contribution in [-0.4, -0.2) is 14.6 Å². The van der Waals surface area contributed by atoms with E-state index >= 15 is 0 Å². The second-order valence-electron chi connectivity index (χ2n) is 3.12. The molecule has 0 aliphatic carbocycles. The van der Waals surface area contributed by atoms with Crippen LogP contribution in [-0.2, 0) is 9.73 Å². The maximum Gasteiger partial charge on any atom is 0.132 e. The Bertz CT molecular complexity index is 396. The zero-order valence-corrected chi connectivity index (χ0v) is 8.47. The highest BCUT2D eigenvalue weighted by Crippen LogP contribution is 2.25. The van der Waals surface area contributed by atoms with Crippen LogP contribution in [0.3, 0.4) is 0 Å². The molecule has 4 heteroatoms. The fourth-order valence-electron chi connectivity index (χ4n) is 0.968. The molecule has 0 bridgehead atoms. The van der Waals surface area contributed by atoms with E-state index in [4.69, 9.17) is 4.78 Å². The van der Waals surface area contributed by atoms with Gasteiger partial charge in [0.05, 0.1) is 14.6 Å². The molecule has 0 heterocycles. The van der Waals surface area contributed by atoms with Crippen molar-refractivity contribution in [1.29, 1.82) is 4.78 Å². The normalized spacial score (nSPS) is 15.6. The number of phenols is 1. The summed E-state index contributed by atoms with van der Waals surface area (Å²) in [7, 11) is -2.86. The Labute approximate surface area is 78.4 Å². The molecule has 0 aromatic heterocycles. The van der Waals surface area contributed by atoms with Crippen LogP contribution < -0.4 is 0 Å². The molecule has 1 rings (SSSR count). The Morgan fingerprint density at radius 3 is 2.38 bits per heavy atom. The fraction of sp³-hybridized carbons (Fsp3) is 0.333. The van der Waals surface area contributed by atoms with Crippen LogP contribution in [0.1, 0.15) is 13.8 Å². The highest BCUT2D eigenvalue weighted by atomic mass is 32.2. The number of benzene rings is 1. The Morgan fingerprint density at radius 1 is 1.38 bits per heavy atom. The van der Waals surface area contributed by atoms with Crippen LogP contribution in [0.4, 0.5) is 0 Å². The zero-order valence-electron chi connectivity index (χ0n) is 7.65. The number of rotatable bonds is 2. The van der Waals surface area contributed by atoms with Crippen LogP contribution in [0.25, 0.3) is 0 Å². The number of hydrogen-bond acceptors (Lipinski definition) is 3. The van der Waals surface area contributed by atoms with E-state index < -0.39 is 9.73 Å². The first-order valence-corrected chi connectivity index (χ1v) is 5.64. The summed E-state index contributed by atoms with van der Waals surface area (Å²) >= 11 is 0. The van der Waals surface area contributed by atoms with Gasteiger partial charge in [0.1, 0.15) is 5.75 Å². The number of hydrogen-bond donors (Lipinski definition) is 2. The van der Waals surface area contributed by atoms with Crippen LogP contribution in [0.15, 0.2) is 29.2 Å². The minimum atomic E-state index is -2.86. The first-order valence-electron chi connectivity index (χ1n) is 4.02. The topological polar surface area (TPSA) is 61.2 Å². The number of aromatic hydroxyl groups is 1. The SMILES string of the molecule is CC(C)S(=N)(=O)c1ccccc1O. The van der Waals surface area contributed by atoms with Gasteiger partial charge < -0.3 is 5.11 Å². The Hall–Kier alpha value is -1.03. The van der Waals surface area contributed by atoms with Crippen LogP contribution >= 0.6 is 0 Å². The summed E-state index contributed by atoms with van der Waals surface area (Å²) in [5.41, 5.74) is 0. The van der Waals surface area contributed by atoms with Crippen molar-refractivity contribution in [1.82, 2.24) is 0 Å². The smallest absolute Gasteiger partial charge is 0.132 e. The summed E-state index contributed by atoms with van der Waals surface area (Å²) in [5, 5.41) is 9.10. The number of para-hydroxylation sites is 1. The predicted molar refractivity (Wildman–Crippen MR) is 52.4 cm³/mol. The van der Waals surface area contributed by atoms with Crippen molar-refractivity contribution in [3.05, 3.63) is 24.3 Å². The summed E-state index contributed by atoms with van der Waals surface area (Å²) in [5.74, 6) is -0.0591. The molecule has 3 nitrogen and oxygen atoms in total. The van der Waals surface area contributed by atoms with Crippen molar-refractivity contribution < 1.29 is 9.32 Å². The molecule has 1 aromatic rings. The third-order valence-electron chi connectivity index (χ3n) is 1.86. The molecule has 2 N–H and O–H groups in total. The molecule has 1 aromatic carbocycles. The van der Waals surface area contributed by atoms with Crippen LogP contribution in [0.2, 0.25) is 0 Å². The maximum absolute atomic E-state index is 11.8. The largest absolute Gasteiger partial charge is 0.507 e. The third kappa shape index (κ3) is 1.83. The molecule has 72 valence electrons. The van der Waals surface area contributed by atoms with Gasteiger partial charge in [0, 0.05) is 5.25 Å². The van der Waals surface area contributed by atoms with Crippen molar-refractivity contribution in [3.63, 3.8) is 0 Å². The van der Waals surface area contributed by atoms with E-state index in [1.54, 1.807) is 26.0 Å². The van der Waals surface area contributed by atoms with Crippen LogP contribution in [0.5, 0.6) is 5.75 Å². The lowest BCUT2D eigenvalue weighted by Crippen LogP contribution is -2.12. The molecule has 0 aliphatic heterocycles. The number of phenolic OH excluding ortho intramolecular Hbond substituents is 1. The van der Waals surface area contributed by atoms with E-state index in [1.807, 2.05) is 0 Å². The van der Waals surface area contributed by atoms with Gasteiger partial charge in [-0.2, -0.15) is 0 Å². The quantitative estimate of drug-likeness (QED) is 0.767. The van der Waals surface area contributed by atoms with Gasteiger partial charge in [-0.3, -0.25) is 0 Å². The highest BCUT2D eigenvalue weighted by Gasteiger charge is 2.17. The first-order chi connectivity index (χ1) is 5.96. The third-order valence-corrected chi connectivity index (χ3v) is 4.18. The summed E-state index contributed by atoms with van der Waals surface area (Å²) in [6.45, 7) is 3.42. The lowest BCUT2D eigenvalue weighted by Gasteiger charge is -2.11. The summed E-state index contributed by atoms with van der Waals surface area (Å²) in [6, 6.07) is 6.30. The van der Waals surface area contributed by atoms with Crippen molar-refractivity contribution in [2.45, 2.75) is 24.0 Å². The van der Waals surface area contributed by atoms with E-state index in [1.165, 1.54) is 12.1 Å². The van der Waals surface area contributed by atoms with E-state index in [0.29, 0.717) is 0 Å². The monoisotopic (exact) mass is 199 g/mol. The average Bonchev–Trinajstić information content (AvgIpc) is 2.04. The molecule has 0 amide bonds. The maximum atomic E-state index is 11.8. The van der Waals surface area contributed by atoms with E-state index in [0.717, 1.165) is 0 Å². The van der Waals surface area contributed by atoms with E-state index in [9.17, 15) is 9.32 Å². The predicted octanol–water partition coefficient (Wildman–Crippen LogP) is 2.21. The lowest BCUT2D eigenvalue weighted by atomic mass is 10.3. The first kappa shape index (κ1) is 10.1. The van der Waals surface area contributed by atoms with Gasteiger partial charge in [0.2, 0.25) is 0 Å². The van der Waals surface area contributed by atoms with Gasteiger partial charge in [-0.1, -0.05) is 12.1 Å².